The summed E-state index contributed by atoms with van der Waals surface area (Å²) >= 11 is 0. The standard InChI is InChI=1S/C33H33BFNO2/c1-31(2)29-10-8-7-9-27(29)28-20-19-26(21-30(28)31)36(25-17-13-23(35)14-18-25)24-15-11-22(12-16-24)34-37-32(3,4)33(5,6)38-34/h7-21H,1-6H3. The normalized spacial score (nSPS) is 18.2. The van der Waals surface area contributed by atoms with Gasteiger partial charge in [0.05, 0.1) is 11.2 Å². The lowest BCUT2D eigenvalue weighted by Gasteiger charge is -2.32. The Kier molecular flexibility index (Phi) is 5.61. The maximum Gasteiger partial charge on any atom is 0.494 e. The van der Waals surface area contributed by atoms with E-state index in [9.17, 15) is 4.39 Å². The molecule has 0 N–H and O–H groups in total. The summed E-state index contributed by atoms with van der Waals surface area (Å²) in [6.07, 6.45) is 0. The van der Waals surface area contributed by atoms with Gasteiger partial charge in [0, 0.05) is 22.5 Å². The van der Waals surface area contributed by atoms with Crippen molar-refractivity contribution in [3.8, 4) is 11.1 Å². The predicted molar refractivity (Wildman–Crippen MR) is 154 cm³/mol. The summed E-state index contributed by atoms with van der Waals surface area (Å²) in [4.78, 5) is 2.17. The van der Waals surface area contributed by atoms with E-state index in [-0.39, 0.29) is 11.2 Å². The highest BCUT2D eigenvalue weighted by Gasteiger charge is 2.51. The summed E-state index contributed by atoms with van der Waals surface area (Å²) < 4.78 is 26.4. The molecule has 0 atom stereocenters. The lowest BCUT2D eigenvalue weighted by molar-refractivity contribution is 0.00578. The minimum absolute atomic E-state index is 0.114. The van der Waals surface area contributed by atoms with E-state index in [4.69, 9.17) is 9.31 Å². The SMILES string of the molecule is CC1(C)c2ccccc2-c2ccc(N(c3ccc(F)cc3)c3ccc(B4OC(C)(C)C(C)(C)O4)cc3)cc21. The molecule has 1 fully saturated rings. The maximum absolute atomic E-state index is 13.9. The molecule has 4 aromatic rings. The Morgan fingerprint density at radius 2 is 1.13 bits per heavy atom. The highest BCUT2D eigenvalue weighted by molar-refractivity contribution is 6.62. The van der Waals surface area contributed by atoms with E-state index in [0.717, 1.165) is 22.5 Å². The molecular formula is C33H33BFNO2. The Morgan fingerprint density at radius 1 is 0.605 bits per heavy atom. The van der Waals surface area contributed by atoms with E-state index in [1.54, 1.807) is 0 Å². The van der Waals surface area contributed by atoms with Gasteiger partial charge in [0.15, 0.2) is 0 Å². The topological polar surface area (TPSA) is 21.7 Å². The molecule has 0 amide bonds. The van der Waals surface area contributed by atoms with Crippen molar-refractivity contribution in [2.45, 2.75) is 58.2 Å². The first-order valence-corrected chi connectivity index (χ1v) is 13.2. The molecule has 0 radical (unpaired) electrons. The molecule has 5 heteroatoms. The second kappa shape index (κ2) is 8.55. The summed E-state index contributed by atoms with van der Waals surface area (Å²) in [5.74, 6) is -0.254. The van der Waals surface area contributed by atoms with Crippen LogP contribution in [0.2, 0.25) is 0 Å². The van der Waals surface area contributed by atoms with Crippen molar-refractivity contribution in [1.82, 2.24) is 0 Å². The van der Waals surface area contributed by atoms with Crippen molar-refractivity contribution < 1.29 is 13.7 Å². The number of fused-ring (bicyclic) bond motifs is 3. The number of nitrogens with zero attached hydrogens (tertiary/aromatic N) is 1. The molecule has 0 saturated carbocycles. The third-order valence-corrected chi connectivity index (χ3v) is 8.59. The first-order chi connectivity index (χ1) is 18.0. The van der Waals surface area contributed by atoms with Crippen LogP contribution in [0.4, 0.5) is 21.5 Å². The van der Waals surface area contributed by atoms with Gasteiger partial charge in [-0.05, 0) is 104 Å². The Labute approximate surface area is 225 Å². The minimum atomic E-state index is -0.424. The van der Waals surface area contributed by atoms with Crippen molar-refractivity contribution >= 4 is 29.6 Å². The third-order valence-electron chi connectivity index (χ3n) is 8.59. The summed E-state index contributed by atoms with van der Waals surface area (Å²) in [6, 6.07) is 30.2. The number of benzene rings is 4. The molecule has 4 aromatic carbocycles. The van der Waals surface area contributed by atoms with Gasteiger partial charge < -0.3 is 14.2 Å². The molecule has 6 rings (SSSR count). The highest BCUT2D eigenvalue weighted by Crippen LogP contribution is 2.50. The van der Waals surface area contributed by atoms with Crippen molar-refractivity contribution in [3.05, 3.63) is 108 Å². The maximum atomic E-state index is 13.9. The quantitative estimate of drug-likeness (QED) is 0.263. The molecule has 192 valence electrons. The Balaban J connectivity index is 1.41. The monoisotopic (exact) mass is 505 g/mol. The fourth-order valence-corrected chi connectivity index (χ4v) is 5.63. The summed E-state index contributed by atoms with van der Waals surface area (Å²) in [5.41, 5.74) is 8.14. The Morgan fingerprint density at radius 3 is 1.76 bits per heavy atom. The number of hydrogen-bond acceptors (Lipinski definition) is 3. The van der Waals surface area contributed by atoms with Crippen LogP contribution in [0.1, 0.15) is 52.7 Å². The van der Waals surface area contributed by atoms with E-state index in [2.05, 4.69) is 113 Å². The van der Waals surface area contributed by atoms with Crippen LogP contribution < -0.4 is 10.4 Å². The van der Waals surface area contributed by atoms with Gasteiger partial charge in [0.2, 0.25) is 0 Å². The zero-order valence-electron chi connectivity index (χ0n) is 22.9. The van der Waals surface area contributed by atoms with Gasteiger partial charge in [-0.25, -0.2) is 4.39 Å². The van der Waals surface area contributed by atoms with E-state index in [0.29, 0.717) is 0 Å². The molecular weight excluding hydrogens is 472 g/mol. The average Bonchev–Trinajstić information content (AvgIpc) is 3.25. The first-order valence-electron chi connectivity index (χ1n) is 13.2. The van der Waals surface area contributed by atoms with Gasteiger partial charge in [-0.15, -0.1) is 0 Å². The van der Waals surface area contributed by atoms with Crippen LogP contribution in [0.15, 0.2) is 91.0 Å². The lowest BCUT2D eigenvalue weighted by Crippen LogP contribution is -2.41. The van der Waals surface area contributed by atoms with Crippen LogP contribution in [-0.2, 0) is 14.7 Å². The second-order valence-electron chi connectivity index (χ2n) is 11.9. The molecule has 1 saturated heterocycles. The molecule has 0 unspecified atom stereocenters. The number of rotatable bonds is 4. The van der Waals surface area contributed by atoms with Gasteiger partial charge in [-0.3, -0.25) is 0 Å². The molecule has 0 spiro atoms. The number of halogens is 1. The van der Waals surface area contributed by atoms with Crippen LogP contribution >= 0.6 is 0 Å². The van der Waals surface area contributed by atoms with Crippen LogP contribution in [0.25, 0.3) is 11.1 Å². The second-order valence-corrected chi connectivity index (χ2v) is 11.9. The Bertz CT molecular complexity index is 1490. The minimum Gasteiger partial charge on any atom is -0.399 e. The number of anilines is 3. The zero-order chi connectivity index (χ0) is 26.9. The Hall–Kier alpha value is -3.41. The van der Waals surface area contributed by atoms with Gasteiger partial charge >= 0.3 is 7.12 Å². The van der Waals surface area contributed by atoms with E-state index < -0.39 is 18.3 Å². The number of hydrogen-bond donors (Lipinski definition) is 0. The average molecular weight is 505 g/mol. The third kappa shape index (κ3) is 3.88. The highest BCUT2D eigenvalue weighted by atomic mass is 19.1. The molecule has 1 heterocycles. The first kappa shape index (κ1) is 24.9. The van der Waals surface area contributed by atoms with E-state index in [1.807, 2.05) is 12.1 Å². The zero-order valence-corrected chi connectivity index (χ0v) is 22.9. The van der Waals surface area contributed by atoms with Crippen LogP contribution in [-0.4, -0.2) is 18.3 Å². The van der Waals surface area contributed by atoms with Gasteiger partial charge in [0.25, 0.3) is 0 Å². The van der Waals surface area contributed by atoms with E-state index >= 15 is 0 Å². The summed E-state index contributed by atoms with van der Waals surface area (Å²) in [5, 5.41) is 0. The molecule has 0 aromatic heterocycles. The fourth-order valence-electron chi connectivity index (χ4n) is 5.63. The van der Waals surface area contributed by atoms with Gasteiger partial charge in [-0.1, -0.05) is 56.3 Å². The van der Waals surface area contributed by atoms with Crippen LogP contribution in [0, 0.1) is 5.82 Å². The van der Waals surface area contributed by atoms with Crippen molar-refractivity contribution in [2.24, 2.45) is 0 Å². The molecule has 3 nitrogen and oxygen atoms in total. The van der Waals surface area contributed by atoms with Crippen molar-refractivity contribution in [3.63, 3.8) is 0 Å². The summed E-state index contributed by atoms with van der Waals surface area (Å²) in [6.45, 7) is 12.8. The lowest BCUT2D eigenvalue weighted by atomic mass is 9.79. The molecule has 38 heavy (non-hydrogen) atoms. The molecule has 1 aliphatic heterocycles. The fraction of sp³-hybridized carbons (Fsp3) is 0.273. The molecule has 2 aliphatic rings. The van der Waals surface area contributed by atoms with Gasteiger partial charge in [0.1, 0.15) is 5.82 Å². The van der Waals surface area contributed by atoms with Gasteiger partial charge in [-0.2, -0.15) is 0 Å². The van der Waals surface area contributed by atoms with Crippen LogP contribution in [0.3, 0.4) is 0 Å². The van der Waals surface area contributed by atoms with Crippen LogP contribution in [0.5, 0.6) is 0 Å². The molecule has 0 bridgehead atoms. The van der Waals surface area contributed by atoms with E-state index in [1.165, 1.54) is 34.4 Å². The smallest absolute Gasteiger partial charge is 0.399 e. The predicted octanol–water partition coefficient (Wildman–Crippen LogP) is 7.90. The van der Waals surface area contributed by atoms with Crippen molar-refractivity contribution in [1.29, 1.82) is 0 Å². The molecule has 1 aliphatic carbocycles. The van der Waals surface area contributed by atoms with Crippen molar-refractivity contribution in [2.75, 3.05) is 4.90 Å². The summed E-state index contributed by atoms with van der Waals surface area (Å²) in [7, 11) is -0.424. The largest absolute Gasteiger partial charge is 0.494 e.